The summed E-state index contributed by atoms with van der Waals surface area (Å²) in [5.74, 6) is 0. The largest absolute Gasteiger partial charge is 0.784 e. The number of rotatable bonds is 0. The second kappa shape index (κ2) is 2.19. The quantitative estimate of drug-likeness (QED) is 0.572. The normalized spacial score (nSPS) is 36.0. The van der Waals surface area contributed by atoms with E-state index in [4.69, 9.17) is 5.73 Å². The molecule has 3 nitrogen and oxygen atoms in total. The summed E-state index contributed by atoms with van der Waals surface area (Å²) in [6.45, 7) is 7.68. The first kappa shape index (κ1) is 8.97. The highest BCUT2D eigenvalue weighted by Crippen LogP contribution is 2.38. The molecule has 1 aliphatic rings. The van der Waals surface area contributed by atoms with E-state index in [-0.39, 0.29) is 11.6 Å². The Kier molecular flexibility index (Phi) is 1.78. The molecule has 1 unspecified atom stereocenters. The van der Waals surface area contributed by atoms with Gasteiger partial charge in [0.15, 0.2) is 0 Å². The van der Waals surface area contributed by atoms with E-state index in [2.05, 4.69) is 0 Å². The molecule has 0 saturated carbocycles. The van der Waals surface area contributed by atoms with Crippen molar-refractivity contribution in [1.29, 1.82) is 0 Å². The molecule has 1 saturated heterocycles. The second-order valence-electron chi connectivity index (χ2n) is 4.57. The Morgan fingerprint density at radius 1 is 1.36 bits per heavy atom. The van der Waals surface area contributed by atoms with Crippen LogP contribution < -0.4 is 5.73 Å². The van der Waals surface area contributed by atoms with Crippen LogP contribution in [0.5, 0.6) is 0 Å². The van der Waals surface area contributed by atoms with Gasteiger partial charge < -0.3 is 16.0 Å². The average Bonchev–Trinajstić information content (AvgIpc) is 1.94. The summed E-state index contributed by atoms with van der Waals surface area (Å²) in [6.07, 6.45) is 0.781. The molecule has 1 atom stereocenters. The van der Waals surface area contributed by atoms with Gasteiger partial charge >= 0.3 is 0 Å². The Morgan fingerprint density at radius 2 is 1.82 bits per heavy atom. The van der Waals surface area contributed by atoms with E-state index in [0.717, 1.165) is 11.5 Å². The second-order valence-corrected chi connectivity index (χ2v) is 4.57. The van der Waals surface area contributed by atoms with Crippen molar-refractivity contribution in [2.45, 2.75) is 51.2 Å². The average molecular weight is 157 g/mol. The number of nitrogens with zero attached hydrogens (tertiary/aromatic N) is 1. The Hall–Kier alpha value is -0.120. The summed E-state index contributed by atoms with van der Waals surface area (Å²) < 4.78 is 0. The lowest BCUT2D eigenvalue weighted by atomic mass is 9.95. The molecule has 1 rings (SSSR count). The van der Waals surface area contributed by atoms with Crippen LogP contribution in [0.3, 0.4) is 0 Å². The van der Waals surface area contributed by atoms with E-state index in [1.807, 2.05) is 27.7 Å². The van der Waals surface area contributed by atoms with Gasteiger partial charge in [-0.05, 0) is 34.1 Å². The van der Waals surface area contributed by atoms with Gasteiger partial charge in [0.2, 0.25) is 0 Å². The Bertz CT molecular complexity index is 165. The zero-order valence-corrected chi connectivity index (χ0v) is 7.72. The monoisotopic (exact) mass is 157 g/mol. The van der Waals surface area contributed by atoms with Crippen molar-refractivity contribution < 1.29 is 0 Å². The molecule has 0 aromatic heterocycles. The van der Waals surface area contributed by atoms with Gasteiger partial charge in [0.25, 0.3) is 0 Å². The van der Waals surface area contributed by atoms with Crippen molar-refractivity contribution in [3.8, 4) is 0 Å². The third kappa shape index (κ3) is 1.17. The molecule has 66 valence electrons. The fourth-order valence-electron chi connectivity index (χ4n) is 1.80. The van der Waals surface area contributed by atoms with Gasteiger partial charge in [-0.15, -0.1) is 0 Å². The molecular formula is C8H17N2O-. The fourth-order valence-corrected chi connectivity index (χ4v) is 1.80. The highest BCUT2D eigenvalue weighted by molar-refractivity contribution is 5.08. The molecule has 0 bridgehead atoms. The molecule has 0 aliphatic carbocycles. The summed E-state index contributed by atoms with van der Waals surface area (Å²) in [5.41, 5.74) is 5.15. The predicted octanol–water partition coefficient (Wildman–Crippen LogP) is 1.07. The van der Waals surface area contributed by atoms with Crippen LogP contribution in [0.15, 0.2) is 0 Å². The number of hydroxylamine groups is 2. The summed E-state index contributed by atoms with van der Waals surface area (Å²) >= 11 is 0. The first-order chi connectivity index (χ1) is 4.78. The maximum atomic E-state index is 11.6. The Labute approximate surface area is 68.1 Å². The Balaban J connectivity index is 2.89. The lowest BCUT2D eigenvalue weighted by Gasteiger charge is -2.46. The molecule has 0 aromatic rings. The zero-order chi connectivity index (χ0) is 8.86. The van der Waals surface area contributed by atoms with Crippen LogP contribution in [-0.2, 0) is 0 Å². The molecular weight excluding hydrogens is 140 g/mol. The van der Waals surface area contributed by atoms with E-state index in [1.54, 1.807) is 0 Å². The van der Waals surface area contributed by atoms with Crippen LogP contribution in [0.1, 0.15) is 34.1 Å². The third-order valence-electron chi connectivity index (χ3n) is 2.70. The molecule has 0 aromatic carbocycles. The molecule has 0 radical (unpaired) electrons. The van der Waals surface area contributed by atoms with Crippen LogP contribution in [0.4, 0.5) is 0 Å². The van der Waals surface area contributed by atoms with Crippen LogP contribution in [0.25, 0.3) is 0 Å². The predicted molar refractivity (Wildman–Crippen MR) is 46.0 cm³/mol. The van der Waals surface area contributed by atoms with Crippen molar-refractivity contribution in [2.24, 2.45) is 5.73 Å². The summed E-state index contributed by atoms with van der Waals surface area (Å²) in [7, 11) is 0. The fraction of sp³-hybridized carbons (Fsp3) is 1.00. The highest BCUT2D eigenvalue weighted by atomic mass is 16.5. The lowest BCUT2D eigenvalue weighted by Crippen LogP contribution is -2.49. The van der Waals surface area contributed by atoms with Crippen LogP contribution >= 0.6 is 0 Å². The lowest BCUT2D eigenvalue weighted by molar-refractivity contribution is 0.139. The maximum absolute atomic E-state index is 11.6. The molecule has 0 spiro atoms. The molecule has 0 amide bonds. The van der Waals surface area contributed by atoms with E-state index in [0.29, 0.717) is 0 Å². The third-order valence-corrected chi connectivity index (χ3v) is 2.70. The van der Waals surface area contributed by atoms with Crippen LogP contribution in [0.2, 0.25) is 0 Å². The van der Waals surface area contributed by atoms with E-state index >= 15 is 0 Å². The molecule has 11 heavy (non-hydrogen) atoms. The van der Waals surface area contributed by atoms with Gasteiger partial charge in [-0.1, -0.05) is 0 Å². The topological polar surface area (TPSA) is 52.3 Å². The first-order valence-electron chi connectivity index (χ1n) is 4.01. The molecule has 1 aliphatic heterocycles. The Morgan fingerprint density at radius 3 is 1.91 bits per heavy atom. The van der Waals surface area contributed by atoms with Crippen molar-refractivity contribution in [3.05, 3.63) is 5.21 Å². The number of hydrogen-bond donors (Lipinski definition) is 1. The van der Waals surface area contributed by atoms with Gasteiger partial charge in [-0.25, -0.2) is 0 Å². The number of hydrogen-bond acceptors (Lipinski definition) is 3. The molecule has 1 fully saturated rings. The van der Waals surface area contributed by atoms with Gasteiger partial charge in [0.1, 0.15) is 0 Å². The maximum Gasteiger partial charge on any atom is 0.0228 e. The van der Waals surface area contributed by atoms with Crippen molar-refractivity contribution in [3.63, 3.8) is 0 Å². The van der Waals surface area contributed by atoms with Crippen molar-refractivity contribution in [2.75, 3.05) is 0 Å². The minimum Gasteiger partial charge on any atom is -0.784 e. The smallest absolute Gasteiger partial charge is 0.0228 e. The SMILES string of the molecule is CC1(C)CC(N)C(C)(C)N1[O-]. The van der Waals surface area contributed by atoms with Crippen molar-refractivity contribution in [1.82, 2.24) is 5.06 Å². The molecule has 1 heterocycles. The van der Waals surface area contributed by atoms with Gasteiger partial charge in [-0.3, -0.25) is 0 Å². The van der Waals surface area contributed by atoms with Crippen LogP contribution in [0, 0.1) is 5.21 Å². The highest BCUT2D eigenvalue weighted by Gasteiger charge is 2.44. The van der Waals surface area contributed by atoms with E-state index < -0.39 is 5.54 Å². The summed E-state index contributed by atoms with van der Waals surface area (Å²) in [4.78, 5) is 0. The summed E-state index contributed by atoms with van der Waals surface area (Å²) in [5, 5.41) is 12.7. The zero-order valence-electron chi connectivity index (χ0n) is 7.72. The molecule has 3 heteroatoms. The standard InChI is InChI=1S/C8H17N2O/c1-7(2)5-6(9)8(3,4)10(7)11/h6H,5,9H2,1-4H3/q-1. The van der Waals surface area contributed by atoms with E-state index in [9.17, 15) is 5.21 Å². The molecule has 2 N–H and O–H groups in total. The van der Waals surface area contributed by atoms with Crippen LogP contribution in [-0.4, -0.2) is 22.2 Å². The minimum atomic E-state index is -0.399. The van der Waals surface area contributed by atoms with Gasteiger partial charge in [-0.2, -0.15) is 0 Å². The minimum absolute atomic E-state index is 0.00463. The number of nitrogens with two attached hydrogens (primary N) is 1. The van der Waals surface area contributed by atoms with Crippen molar-refractivity contribution >= 4 is 0 Å². The van der Waals surface area contributed by atoms with Gasteiger partial charge in [0, 0.05) is 17.1 Å². The first-order valence-corrected chi connectivity index (χ1v) is 4.01. The van der Waals surface area contributed by atoms with Gasteiger partial charge in [0.05, 0.1) is 0 Å². The van der Waals surface area contributed by atoms with E-state index in [1.165, 1.54) is 0 Å². The summed E-state index contributed by atoms with van der Waals surface area (Å²) in [6, 6.07) is -0.00463.